The predicted octanol–water partition coefficient (Wildman–Crippen LogP) is 3.56. The molecule has 2 rings (SSSR count). The Kier molecular flexibility index (Phi) is 3.95. The van der Waals surface area contributed by atoms with Gasteiger partial charge in [-0.3, -0.25) is 4.79 Å². The van der Waals surface area contributed by atoms with Gasteiger partial charge < -0.3 is 10.5 Å². The maximum atomic E-state index is 14.0. The molecule has 2 aromatic rings. The fraction of sp³-hybridized carbons (Fsp3) is 0.133. The number of hydrogen-bond donors (Lipinski definition) is 1. The number of aryl methyl sites for hydroxylation is 1. The van der Waals surface area contributed by atoms with Gasteiger partial charge in [0.25, 0.3) is 5.91 Å². The molecule has 20 heavy (non-hydrogen) atoms. The van der Waals surface area contributed by atoms with Gasteiger partial charge in [-0.1, -0.05) is 35.9 Å². The molecule has 3 nitrogen and oxygen atoms in total. The van der Waals surface area contributed by atoms with Gasteiger partial charge in [-0.15, -0.1) is 0 Å². The molecule has 0 aromatic heterocycles. The number of amides is 1. The fourth-order valence-corrected chi connectivity index (χ4v) is 2.32. The number of methoxy groups -OCH3 is 1. The summed E-state index contributed by atoms with van der Waals surface area (Å²) in [6, 6.07) is 8.89. The Morgan fingerprint density at radius 3 is 2.50 bits per heavy atom. The molecule has 0 fully saturated rings. The summed E-state index contributed by atoms with van der Waals surface area (Å²) in [4.78, 5) is 11.5. The van der Waals surface area contributed by atoms with Gasteiger partial charge in [0.15, 0.2) is 5.82 Å². The van der Waals surface area contributed by atoms with Crippen molar-refractivity contribution in [1.29, 1.82) is 0 Å². The molecule has 0 atom stereocenters. The van der Waals surface area contributed by atoms with Gasteiger partial charge in [-0.25, -0.2) is 4.39 Å². The average molecular weight is 294 g/mol. The van der Waals surface area contributed by atoms with E-state index in [1.165, 1.54) is 13.2 Å². The van der Waals surface area contributed by atoms with E-state index in [-0.39, 0.29) is 16.3 Å². The lowest BCUT2D eigenvalue weighted by molar-refractivity contribution is 0.0993. The second kappa shape index (κ2) is 5.51. The van der Waals surface area contributed by atoms with Crippen molar-refractivity contribution in [3.63, 3.8) is 0 Å². The molecule has 2 N–H and O–H groups in total. The second-order valence-electron chi connectivity index (χ2n) is 4.31. The minimum atomic E-state index is -0.920. The van der Waals surface area contributed by atoms with E-state index in [4.69, 9.17) is 22.1 Å². The summed E-state index contributed by atoms with van der Waals surface area (Å²) >= 11 is 5.86. The Morgan fingerprint density at radius 2 is 1.95 bits per heavy atom. The quantitative estimate of drug-likeness (QED) is 0.940. The molecule has 104 valence electrons. The van der Waals surface area contributed by atoms with Gasteiger partial charge in [0.05, 0.1) is 12.1 Å². The Labute approximate surface area is 121 Å². The lowest BCUT2D eigenvalue weighted by atomic mass is 9.97. The minimum absolute atomic E-state index is 0.0914. The molecule has 0 unspecified atom stereocenters. The third-order valence-electron chi connectivity index (χ3n) is 3.06. The van der Waals surface area contributed by atoms with E-state index in [1.807, 2.05) is 31.2 Å². The second-order valence-corrected chi connectivity index (χ2v) is 4.71. The maximum Gasteiger partial charge on any atom is 0.255 e. The summed E-state index contributed by atoms with van der Waals surface area (Å²) in [6.07, 6.45) is 0. The molecular weight excluding hydrogens is 281 g/mol. The standard InChI is InChI=1S/C15H13ClFNO2/c1-8-5-3-4-6-9(8)10-7-11(16)13(17)12(15(18)19)14(10)20-2/h3-7H,1-2H3,(H2,18,19). The van der Waals surface area contributed by atoms with Crippen LogP contribution < -0.4 is 10.5 Å². The van der Waals surface area contributed by atoms with E-state index in [0.717, 1.165) is 11.1 Å². The highest BCUT2D eigenvalue weighted by Gasteiger charge is 2.23. The van der Waals surface area contributed by atoms with Crippen LogP contribution in [0.15, 0.2) is 30.3 Å². The number of carbonyl (C=O) groups is 1. The molecule has 1 amide bonds. The summed E-state index contributed by atoms with van der Waals surface area (Å²) in [5.74, 6) is -1.70. The lowest BCUT2D eigenvalue weighted by Gasteiger charge is -2.15. The van der Waals surface area contributed by atoms with Crippen LogP contribution in [-0.4, -0.2) is 13.0 Å². The first kappa shape index (κ1) is 14.3. The zero-order chi connectivity index (χ0) is 14.9. The third kappa shape index (κ3) is 2.34. The van der Waals surface area contributed by atoms with E-state index in [9.17, 15) is 9.18 Å². The van der Waals surface area contributed by atoms with Crippen LogP contribution in [-0.2, 0) is 0 Å². The highest BCUT2D eigenvalue weighted by Crippen LogP contribution is 2.39. The first-order valence-electron chi connectivity index (χ1n) is 5.89. The van der Waals surface area contributed by atoms with Crippen LogP contribution in [0.5, 0.6) is 5.75 Å². The Morgan fingerprint density at radius 1 is 1.30 bits per heavy atom. The molecule has 0 bridgehead atoms. The molecule has 0 heterocycles. The molecule has 0 saturated carbocycles. The number of hydrogen-bond acceptors (Lipinski definition) is 2. The number of benzene rings is 2. The number of rotatable bonds is 3. The monoisotopic (exact) mass is 293 g/mol. The first-order chi connectivity index (χ1) is 9.47. The molecule has 0 aliphatic heterocycles. The van der Waals surface area contributed by atoms with Crippen LogP contribution in [0.3, 0.4) is 0 Å². The van der Waals surface area contributed by atoms with Crippen LogP contribution in [0.2, 0.25) is 5.02 Å². The zero-order valence-corrected chi connectivity index (χ0v) is 11.8. The van der Waals surface area contributed by atoms with Crippen LogP contribution in [0.25, 0.3) is 11.1 Å². The summed E-state index contributed by atoms with van der Waals surface area (Å²) in [6.45, 7) is 1.90. The van der Waals surface area contributed by atoms with Gasteiger partial charge >= 0.3 is 0 Å². The van der Waals surface area contributed by atoms with Gasteiger partial charge in [-0.2, -0.15) is 0 Å². The lowest BCUT2D eigenvalue weighted by Crippen LogP contribution is -2.15. The first-order valence-corrected chi connectivity index (χ1v) is 6.27. The van der Waals surface area contributed by atoms with Gasteiger partial charge in [-0.05, 0) is 24.1 Å². The Bertz CT molecular complexity index is 686. The van der Waals surface area contributed by atoms with E-state index in [2.05, 4.69) is 0 Å². The summed E-state index contributed by atoms with van der Waals surface area (Å²) in [5.41, 5.74) is 7.17. The van der Waals surface area contributed by atoms with Crippen LogP contribution >= 0.6 is 11.6 Å². The van der Waals surface area contributed by atoms with Crippen LogP contribution in [0.1, 0.15) is 15.9 Å². The Hall–Kier alpha value is -2.07. The molecule has 2 aromatic carbocycles. The fourth-order valence-electron chi connectivity index (χ4n) is 2.12. The third-order valence-corrected chi connectivity index (χ3v) is 3.33. The molecule has 0 aliphatic rings. The van der Waals surface area contributed by atoms with Crippen molar-refractivity contribution in [2.45, 2.75) is 6.92 Å². The maximum absolute atomic E-state index is 14.0. The highest BCUT2D eigenvalue weighted by atomic mass is 35.5. The zero-order valence-electron chi connectivity index (χ0n) is 11.0. The van der Waals surface area contributed by atoms with E-state index >= 15 is 0 Å². The normalized spacial score (nSPS) is 10.4. The number of primary amides is 1. The molecule has 5 heteroatoms. The smallest absolute Gasteiger partial charge is 0.255 e. The van der Waals surface area contributed by atoms with Crippen molar-refractivity contribution >= 4 is 17.5 Å². The SMILES string of the molecule is COc1c(-c2ccccc2C)cc(Cl)c(F)c1C(N)=O. The Balaban J connectivity index is 2.84. The van der Waals surface area contributed by atoms with Gasteiger partial charge in [0, 0.05) is 5.56 Å². The van der Waals surface area contributed by atoms with Crippen LogP contribution in [0, 0.1) is 12.7 Å². The van der Waals surface area contributed by atoms with E-state index < -0.39 is 11.7 Å². The highest BCUT2D eigenvalue weighted by molar-refractivity contribution is 6.31. The minimum Gasteiger partial charge on any atom is -0.495 e. The van der Waals surface area contributed by atoms with Gasteiger partial charge in [0.2, 0.25) is 0 Å². The number of ether oxygens (including phenoxy) is 1. The van der Waals surface area contributed by atoms with Crippen molar-refractivity contribution < 1.29 is 13.9 Å². The molecule has 0 radical (unpaired) electrons. The number of halogens is 2. The van der Waals surface area contributed by atoms with Crippen molar-refractivity contribution in [2.75, 3.05) is 7.11 Å². The van der Waals surface area contributed by atoms with Crippen molar-refractivity contribution in [1.82, 2.24) is 0 Å². The summed E-state index contributed by atoms with van der Waals surface area (Å²) in [5, 5.41) is -0.169. The van der Waals surface area contributed by atoms with Crippen LogP contribution in [0.4, 0.5) is 4.39 Å². The van der Waals surface area contributed by atoms with Crippen molar-refractivity contribution in [2.24, 2.45) is 5.73 Å². The van der Waals surface area contributed by atoms with Gasteiger partial charge in [0.1, 0.15) is 11.3 Å². The number of carbonyl (C=O) groups excluding carboxylic acids is 1. The number of nitrogens with two attached hydrogens (primary N) is 1. The van der Waals surface area contributed by atoms with E-state index in [1.54, 1.807) is 0 Å². The van der Waals surface area contributed by atoms with E-state index in [0.29, 0.717) is 5.56 Å². The molecular formula is C15H13ClFNO2. The topological polar surface area (TPSA) is 52.3 Å². The predicted molar refractivity (Wildman–Crippen MR) is 76.7 cm³/mol. The molecule has 0 spiro atoms. The molecule has 0 aliphatic carbocycles. The average Bonchev–Trinajstić information content (AvgIpc) is 2.41. The summed E-state index contributed by atoms with van der Waals surface area (Å²) < 4.78 is 19.2. The van der Waals surface area contributed by atoms with Crippen molar-refractivity contribution in [3.8, 4) is 16.9 Å². The molecule has 0 saturated heterocycles. The largest absolute Gasteiger partial charge is 0.495 e. The summed E-state index contributed by atoms with van der Waals surface area (Å²) in [7, 11) is 1.36. The van der Waals surface area contributed by atoms with Crippen molar-refractivity contribution in [3.05, 3.63) is 52.3 Å².